The van der Waals surface area contributed by atoms with Gasteiger partial charge in [0.25, 0.3) is 0 Å². The van der Waals surface area contributed by atoms with Crippen molar-refractivity contribution in [3.63, 3.8) is 0 Å². The lowest BCUT2D eigenvalue weighted by atomic mass is 11.2. The quantitative estimate of drug-likeness (QED) is 0.156. The molecule has 0 aliphatic rings. The molecular formula is C4H10N4S2. The van der Waals surface area contributed by atoms with Gasteiger partial charge >= 0.3 is 0 Å². The van der Waals surface area contributed by atoms with E-state index in [4.69, 9.17) is 0 Å². The Bertz CT molecular complexity index is 99.8. The van der Waals surface area contributed by atoms with Gasteiger partial charge in [-0.2, -0.15) is 25.3 Å². The Kier molecular flexibility index (Phi) is 8.33. The molecular weight excluding hydrogens is 168 g/mol. The van der Waals surface area contributed by atoms with Crippen molar-refractivity contribution >= 4 is 37.9 Å². The van der Waals surface area contributed by atoms with Crippen LogP contribution in [-0.2, 0) is 0 Å². The normalized spacial score (nSPS) is 11.0. The minimum Gasteiger partial charge on any atom is -0.290 e. The van der Waals surface area contributed by atoms with Gasteiger partial charge in [0.2, 0.25) is 0 Å². The summed E-state index contributed by atoms with van der Waals surface area (Å²) >= 11 is 7.70. The fraction of sp³-hybridized carbons (Fsp3) is 0.500. The molecule has 10 heavy (non-hydrogen) atoms. The predicted molar refractivity (Wildman–Crippen MR) is 51.0 cm³/mol. The Balaban J connectivity index is 3.04. The largest absolute Gasteiger partial charge is 0.290 e. The van der Waals surface area contributed by atoms with Crippen molar-refractivity contribution in [3.05, 3.63) is 0 Å². The Morgan fingerprint density at radius 3 is 1.70 bits per heavy atom. The Labute approximate surface area is 71.0 Å². The van der Waals surface area contributed by atoms with Crippen molar-refractivity contribution in [2.75, 3.05) is 11.8 Å². The summed E-state index contributed by atoms with van der Waals surface area (Å²) in [5.74, 6) is 0.941. The van der Waals surface area contributed by atoms with Crippen molar-refractivity contribution in [3.8, 4) is 0 Å². The van der Waals surface area contributed by atoms with Gasteiger partial charge in [0.05, 0.1) is 11.8 Å². The van der Waals surface area contributed by atoms with Gasteiger partial charge in [-0.05, 0) is 0 Å². The van der Waals surface area contributed by atoms with Crippen molar-refractivity contribution in [1.82, 2.24) is 10.9 Å². The van der Waals surface area contributed by atoms with Gasteiger partial charge in [-0.3, -0.25) is 20.8 Å². The first-order valence-electron chi connectivity index (χ1n) is 2.61. The number of hydrazine groups is 1. The zero-order valence-electron chi connectivity index (χ0n) is 5.36. The minimum atomic E-state index is 0.471. The SMILES string of the molecule is SC/N=C\NN/C=N\CS. The van der Waals surface area contributed by atoms with Crippen LogP contribution in [0.25, 0.3) is 0 Å². The maximum Gasteiger partial charge on any atom is 0.102 e. The molecule has 0 radical (unpaired) electrons. The molecule has 0 aromatic rings. The fourth-order valence-corrected chi connectivity index (χ4v) is 0.411. The molecule has 0 spiro atoms. The topological polar surface area (TPSA) is 48.8 Å². The van der Waals surface area contributed by atoms with E-state index in [-0.39, 0.29) is 0 Å². The highest BCUT2D eigenvalue weighted by atomic mass is 32.1. The zero-order valence-corrected chi connectivity index (χ0v) is 7.15. The Hall–Kier alpha value is -0.360. The maximum atomic E-state index is 3.85. The van der Waals surface area contributed by atoms with E-state index in [0.29, 0.717) is 11.8 Å². The van der Waals surface area contributed by atoms with Gasteiger partial charge in [0.15, 0.2) is 0 Å². The number of rotatable bonds is 5. The number of thiol groups is 2. The summed E-state index contributed by atoms with van der Waals surface area (Å²) in [5, 5.41) is 0. The third-order valence-electron chi connectivity index (χ3n) is 0.558. The first kappa shape index (κ1) is 9.64. The van der Waals surface area contributed by atoms with E-state index in [0.717, 1.165) is 0 Å². The number of hydrogen-bond donors (Lipinski definition) is 4. The predicted octanol–water partition coefficient (Wildman–Crippen LogP) is -0.0882. The van der Waals surface area contributed by atoms with E-state index in [9.17, 15) is 0 Å². The summed E-state index contributed by atoms with van der Waals surface area (Å²) in [6.07, 6.45) is 3.00. The molecule has 0 amide bonds. The molecule has 0 saturated carbocycles. The monoisotopic (exact) mass is 178 g/mol. The molecule has 0 saturated heterocycles. The van der Waals surface area contributed by atoms with Crippen LogP contribution in [0.4, 0.5) is 0 Å². The Morgan fingerprint density at radius 1 is 1.00 bits per heavy atom. The second kappa shape index (κ2) is 8.64. The first-order chi connectivity index (χ1) is 4.91. The molecule has 0 fully saturated rings. The van der Waals surface area contributed by atoms with E-state index in [1.807, 2.05) is 0 Å². The molecule has 4 nitrogen and oxygen atoms in total. The van der Waals surface area contributed by atoms with Gasteiger partial charge in [-0.25, -0.2) is 0 Å². The van der Waals surface area contributed by atoms with Gasteiger partial charge < -0.3 is 0 Å². The molecule has 0 unspecified atom stereocenters. The summed E-state index contributed by atoms with van der Waals surface area (Å²) in [6, 6.07) is 0. The maximum absolute atomic E-state index is 3.85. The molecule has 6 heteroatoms. The van der Waals surface area contributed by atoms with Crippen LogP contribution in [0.1, 0.15) is 0 Å². The van der Waals surface area contributed by atoms with Crippen LogP contribution in [0.5, 0.6) is 0 Å². The molecule has 58 valence electrons. The van der Waals surface area contributed by atoms with Gasteiger partial charge in [-0.1, -0.05) is 0 Å². The summed E-state index contributed by atoms with van der Waals surface area (Å²) in [7, 11) is 0. The molecule has 0 heterocycles. The van der Waals surface area contributed by atoms with E-state index >= 15 is 0 Å². The number of aliphatic imine (C=N–C) groups is 2. The van der Waals surface area contributed by atoms with Crippen LogP contribution in [0.3, 0.4) is 0 Å². The fourth-order valence-electron chi connectivity index (χ4n) is 0.247. The highest BCUT2D eigenvalue weighted by molar-refractivity contribution is 7.80. The number of nitrogens with one attached hydrogen (secondary N) is 2. The van der Waals surface area contributed by atoms with Crippen molar-refractivity contribution in [1.29, 1.82) is 0 Å². The number of nitrogens with zero attached hydrogens (tertiary/aromatic N) is 2. The summed E-state index contributed by atoms with van der Waals surface area (Å²) in [5.41, 5.74) is 5.29. The molecule has 0 aromatic carbocycles. The van der Waals surface area contributed by atoms with Crippen LogP contribution in [0.2, 0.25) is 0 Å². The van der Waals surface area contributed by atoms with E-state index in [1.54, 1.807) is 0 Å². The van der Waals surface area contributed by atoms with Gasteiger partial charge in [0, 0.05) is 0 Å². The van der Waals surface area contributed by atoms with Crippen molar-refractivity contribution in [2.45, 2.75) is 0 Å². The standard InChI is InChI=1S/C4H10N4S2/c9-3-5-1-7-8-2-6-4-10/h1-2,9-10H,3-4H2,(H,5,7)(H,6,8). The molecule has 2 N–H and O–H groups in total. The average Bonchev–Trinajstić information content (AvgIpc) is 1.97. The second-order valence-corrected chi connectivity index (χ2v) is 1.76. The number of hydrogen-bond acceptors (Lipinski definition) is 4. The van der Waals surface area contributed by atoms with E-state index < -0.39 is 0 Å². The smallest absolute Gasteiger partial charge is 0.102 e. The van der Waals surface area contributed by atoms with Gasteiger partial charge in [-0.15, -0.1) is 0 Å². The lowest BCUT2D eigenvalue weighted by molar-refractivity contribution is 0.895. The van der Waals surface area contributed by atoms with Crippen LogP contribution >= 0.6 is 25.3 Å². The second-order valence-electron chi connectivity index (χ2n) is 1.19. The third kappa shape index (κ3) is 7.64. The van der Waals surface area contributed by atoms with Crippen LogP contribution in [0.15, 0.2) is 9.98 Å². The highest BCUT2D eigenvalue weighted by Crippen LogP contribution is 1.69. The van der Waals surface area contributed by atoms with Crippen LogP contribution in [-0.4, -0.2) is 24.4 Å². The van der Waals surface area contributed by atoms with Crippen LogP contribution < -0.4 is 10.9 Å². The molecule has 0 aromatic heterocycles. The van der Waals surface area contributed by atoms with Crippen molar-refractivity contribution < 1.29 is 0 Å². The highest BCUT2D eigenvalue weighted by Gasteiger charge is 1.67. The molecule has 0 aliphatic heterocycles. The Morgan fingerprint density at radius 2 is 1.40 bits per heavy atom. The minimum absolute atomic E-state index is 0.471. The first-order valence-corrected chi connectivity index (χ1v) is 3.87. The lowest BCUT2D eigenvalue weighted by Gasteiger charge is -1.94. The molecule has 0 bridgehead atoms. The van der Waals surface area contributed by atoms with Crippen LogP contribution in [0, 0.1) is 0 Å². The summed E-state index contributed by atoms with van der Waals surface area (Å²) in [4.78, 5) is 7.51. The molecule has 0 atom stereocenters. The molecule has 0 aliphatic carbocycles. The van der Waals surface area contributed by atoms with E-state index in [1.165, 1.54) is 12.7 Å². The van der Waals surface area contributed by atoms with Gasteiger partial charge in [0.1, 0.15) is 12.7 Å². The van der Waals surface area contributed by atoms with Crippen molar-refractivity contribution in [2.24, 2.45) is 9.98 Å². The zero-order chi connectivity index (χ0) is 7.66. The lowest BCUT2D eigenvalue weighted by Crippen LogP contribution is -2.28. The summed E-state index contributed by atoms with van der Waals surface area (Å²) in [6.45, 7) is 0. The summed E-state index contributed by atoms with van der Waals surface area (Å²) < 4.78 is 0. The third-order valence-corrected chi connectivity index (χ3v) is 0.885. The molecule has 0 rings (SSSR count). The van der Waals surface area contributed by atoms with E-state index in [2.05, 4.69) is 46.1 Å². The average molecular weight is 178 g/mol.